The van der Waals surface area contributed by atoms with Crippen LogP contribution in [-0.2, 0) is 32.7 Å². The lowest BCUT2D eigenvalue weighted by Gasteiger charge is -2.13. The fraction of sp³-hybridized carbons (Fsp3) is 0.207. The van der Waals surface area contributed by atoms with E-state index in [1.807, 2.05) is 68.6 Å². The highest BCUT2D eigenvalue weighted by Gasteiger charge is 2.32. The molecule has 37 heavy (non-hydrogen) atoms. The second-order valence-corrected chi connectivity index (χ2v) is 9.00. The summed E-state index contributed by atoms with van der Waals surface area (Å²) in [4.78, 5) is 53.7. The van der Waals surface area contributed by atoms with Gasteiger partial charge in [-0.05, 0) is 42.7 Å². The van der Waals surface area contributed by atoms with E-state index in [9.17, 15) is 19.2 Å². The first-order valence-electron chi connectivity index (χ1n) is 12.0. The quantitative estimate of drug-likeness (QED) is 0.132. The fourth-order valence-corrected chi connectivity index (χ4v) is 4.63. The Kier molecular flexibility index (Phi) is 6.40. The molecule has 186 valence electrons. The molecule has 1 aliphatic rings. The maximum atomic E-state index is 13.5. The van der Waals surface area contributed by atoms with E-state index in [0.29, 0.717) is 22.8 Å². The SMILES string of the molecule is Cc1cc(CCC(=O)ON2C(=O)CCC2=O)ccc1OC(=O)c1c2ccccc2[n+](C)c2ccccc12. The molecule has 2 amide bonds. The predicted molar refractivity (Wildman–Crippen MR) is 134 cm³/mol. The van der Waals surface area contributed by atoms with Crippen LogP contribution >= 0.6 is 0 Å². The highest BCUT2D eigenvalue weighted by molar-refractivity contribution is 6.13. The summed E-state index contributed by atoms with van der Waals surface area (Å²) in [6.07, 6.45) is 0.445. The molecule has 0 unspecified atom stereocenters. The smallest absolute Gasteiger partial charge is 0.345 e. The van der Waals surface area contributed by atoms with Gasteiger partial charge < -0.3 is 9.57 Å². The summed E-state index contributed by atoms with van der Waals surface area (Å²) in [7, 11) is 1.97. The maximum Gasteiger partial charge on any atom is 0.345 e. The van der Waals surface area contributed by atoms with Crippen molar-refractivity contribution in [2.45, 2.75) is 32.6 Å². The highest BCUT2D eigenvalue weighted by Crippen LogP contribution is 2.28. The number of amides is 2. The molecule has 2 heterocycles. The van der Waals surface area contributed by atoms with Crippen LogP contribution in [0.15, 0.2) is 66.7 Å². The first-order chi connectivity index (χ1) is 17.8. The van der Waals surface area contributed by atoms with Gasteiger partial charge in [-0.3, -0.25) is 9.59 Å². The van der Waals surface area contributed by atoms with Gasteiger partial charge >= 0.3 is 11.9 Å². The Balaban J connectivity index is 1.33. The van der Waals surface area contributed by atoms with E-state index < -0.39 is 23.8 Å². The molecule has 0 N–H and O–H groups in total. The molecule has 0 radical (unpaired) electrons. The summed E-state index contributed by atoms with van der Waals surface area (Å²) in [6, 6.07) is 20.8. The standard InChI is InChI=1S/C29H25N2O6/c1-18-17-19(12-16-27(34)37-31-25(32)14-15-26(31)33)11-13-24(18)36-29(35)28-20-7-3-5-9-22(20)30(2)23-10-6-4-8-21(23)28/h3-11,13,17H,12,14-16H2,1-2H3/q+1. The number of rotatable bonds is 6. The number of hydroxylamine groups is 2. The lowest BCUT2D eigenvalue weighted by Crippen LogP contribution is -2.32. The summed E-state index contributed by atoms with van der Waals surface area (Å²) < 4.78 is 7.92. The summed E-state index contributed by atoms with van der Waals surface area (Å²) in [5, 5.41) is 2.15. The number of carbonyl (C=O) groups is 4. The number of carbonyl (C=O) groups excluding carboxylic acids is 4. The van der Waals surface area contributed by atoms with Crippen molar-refractivity contribution < 1.29 is 33.3 Å². The zero-order valence-electron chi connectivity index (χ0n) is 20.5. The van der Waals surface area contributed by atoms with Crippen LogP contribution in [0.2, 0.25) is 0 Å². The average Bonchev–Trinajstić information content (AvgIpc) is 3.21. The molecule has 0 atom stereocenters. The molecule has 5 rings (SSSR count). The van der Waals surface area contributed by atoms with Gasteiger partial charge in [0.1, 0.15) is 12.8 Å². The Morgan fingerprint density at radius 2 is 1.49 bits per heavy atom. The van der Waals surface area contributed by atoms with Crippen LogP contribution in [0.3, 0.4) is 0 Å². The zero-order valence-corrected chi connectivity index (χ0v) is 20.5. The molecule has 0 aliphatic carbocycles. The van der Waals surface area contributed by atoms with E-state index in [4.69, 9.17) is 9.57 Å². The molecule has 4 aromatic rings. The van der Waals surface area contributed by atoms with E-state index in [0.717, 1.165) is 32.9 Å². The van der Waals surface area contributed by atoms with Crippen molar-refractivity contribution in [3.8, 4) is 5.75 Å². The van der Waals surface area contributed by atoms with Crippen molar-refractivity contribution in [3.63, 3.8) is 0 Å². The third-order valence-electron chi connectivity index (χ3n) is 6.53. The molecule has 1 saturated heterocycles. The number of para-hydroxylation sites is 2. The molecule has 0 bridgehead atoms. The van der Waals surface area contributed by atoms with Crippen LogP contribution in [0.25, 0.3) is 21.8 Å². The van der Waals surface area contributed by atoms with Crippen molar-refractivity contribution in [2.75, 3.05) is 0 Å². The largest absolute Gasteiger partial charge is 0.423 e. The number of hydrogen-bond donors (Lipinski definition) is 0. The van der Waals surface area contributed by atoms with E-state index in [1.54, 1.807) is 12.1 Å². The van der Waals surface area contributed by atoms with Gasteiger partial charge in [-0.25, -0.2) is 9.59 Å². The van der Waals surface area contributed by atoms with Gasteiger partial charge in [-0.1, -0.05) is 36.4 Å². The number of nitrogens with zero attached hydrogens (tertiary/aromatic N) is 2. The van der Waals surface area contributed by atoms with Gasteiger partial charge in [-0.2, -0.15) is 4.57 Å². The fourth-order valence-electron chi connectivity index (χ4n) is 4.63. The lowest BCUT2D eigenvalue weighted by atomic mass is 10.0. The van der Waals surface area contributed by atoms with Crippen LogP contribution in [0.5, 0.6) is 5.75 Å². The van der Waals surface area contributed by atoms with Gasteiger partial charge in [0.25, 0.3) is 11.8 Å². The summed E-state index contributed by atoms with van der Waals surface area (Å²) in [5.41, 5.74) is 3.91. The zero-order chi connectivity index (χ0) is 26.1. The number of aryl methyl sites for hydroxylation is 3. The van der Waals surface area contributed by atoms with Gasteiger partial charge in [0.15, 0.2) is 0 Å². The first-order valence-corrected chi connectivity index (χ1v) is 12.0. The molecule has 1 fully saturated rings. The Hall–Kier alpha value is -4.59. The van der Waals surface area contributed by atoms with Crippen LogP contribution in [-0.4, -0.2) is 28.8 Å². The van der Waals surface area contributed by atoms with Gasteiger partial charge in [-0.15, -0.1) is 5.06 Å². The Morgan fingerprint density at radius 1 is 0.892 bits per heavy atom. The first kappa shape index (κ1) is 24.1. The number of esters is 1. The lowest BCUT2D eigenvalue weighted by molar-refractivity contribution is -0.617. The topological polar surface area (TPSA) is 93.9 Å². The minimum absolute atomic E-state index is 0.00531. The second-order valence-electron chi connectivity index (χ2n) is 9.00. The molecule has 1 aromatic heterocycles. The maximum absolute atomic E-state index is 13.5. The third-order valence-corrected chi connectivity index (χ3v) is 6.53. The monoisotopic (exact) mass is 497 g/mol. The minimum atomic E-state index is -0.659. The number of benzene rings is 3. The number of pyridine rings is 1. The van der Waals surface area contributed by atoms with E-state index in [-0.39, 0.29) is 19.3 Å². The normalized spacial score (nSPS) is 13.4. The van der Waals surface area contributed by atoms with E-state index >= 15 is 0 Å². The van der Waals surface area contributed by atoms with E-state index in [2.05, 4.69) is 4.57 Å². The molecule has 8 nitrogen and oxygen atoms in total. The van der Waals surface area contributed by atoms with Gasteiger partial charge in [0, 0.05) is 25.0 Å². The predicted octanol–water partition coefficient (Wildman–Crippen LogP) is 3.88. The Labute approximate surface area is 213 Å². The van der Waals surface area contributed by atoms with Crippen molar-refractivity contribution in [1.29, 1.82) is 0 Å². The number of imide groups is 1. The van der Waals surface area contributed by atoms with Crippen molar-refractivity contribution >= 4 is 45.6 Å². The number of hydrogen-bond acceptors (Lipinski definition) is 6. The van der Waals surface area contributed by atoms with Crippen LogP contribution < -0.4 is 9.30 Å². The summed E-state index contributed by atoms with van der Waals surface area (Å²) in [6.45, 7) is 1.83. The number of fused-ring (bicyclic) bond motifs is 2. The average molecular weight is 498 g/mol. The summed E-state index contributed by atoms with van der Waals surface area (Å²) >= 11 is 0. The van der Waals surface area contributed by atoms with Crippen molar-refractivity contribution in [2.24, 2.45) is 7.05 Å². The van der Waals surface area contributed by atoms with Gasteiger partial charge in [0.05, 0.1) is 22.8 Å². The summed E-state index contributed by atoms with van der Waals surface area (Å²) in [5.74, 6) is -1.70. The second kappa shape index (κ2) is 9.81. The van der Waals surface area contributed by atoms with Crippen molar-refractivity contribution in [1.82, 2.24) is 5.06 Å². The molecule has 0 spiro atoms. The number of ether oxygens (including phenoxy) is 1. The molecular weight excluding hydrogens is 472 g/mol. The van der Waals surface area contributed by atoms with Crippen LogP contribution in [0.1, 0.15) is 40.7 Å². The molecular formula is C29H25N2O6+. The highest BCUT2D eigenvalue weighted by atomic mass is 16.7. The molecule has 8 heteroatoms. The molecule has 0 saturated carbocycles. The molecule has 1 aliphatic heterocycles. The minimum Gasteiger partial charge on any atom is -0.423 e. The number of aromatic nitrogens is 1. The van der Waals surface area contributed by atoms with E-state index in [1.165, 1.54) is 0 Å². The Bertz CT molecular complexity index is 1520. The molecule has 3 aromatic carbocycles. The van der Waals surface area contributed by atoms with Gasteiger partial charge in [0.2, 0.25) is 11.0 Å². The third kappa shape index (κ3) is 4.65. The van der Waals surface area contributed by atoms with Crippen LogP contribution in [0.4, 0.5) is 0 Å². The van der Waals surface area contributed by atoms with Crippen molar-refractivity contribution in [3.05, 3.63) is 83.4 Å². The Morgan fingerprint density at radius 3 is 2.08 bits per heavy atom. The van der Waals surface area contributed by atoms with Crippen LogP contribution in [0, 0.1) is 6.92 Å².